The van der Waals surface area contributed by atoms with Crippen LogP contribution in [0.15, 0.2) is 47.0 Å². The first kappa shape index (κ1) is 19.4. The lowest BCUT2D eigenvalue weighted by atomic mass is 10.0. The van der Waals surface area contributed by atoms with Gasteiger partial charge in [-0.1, -0.05) is 52.7 Å². The molecule has 144 valence electrons. The Balaban J connectivity index is 1.60. The number of nitrogens with one attached hydrogen (secondary N) is 2. The van der Waals surface area contributed by atoms with Gasteiger partial charge in [0.25, 0.3) is 0 Å². The number of rotatable bonds is 5. The average Bonchev–Trinajstić information content (AvgIpc) is 3.07. The molecular formula is C22H23N3O3. The van der Waals surface area contributed by atoms with Crippen molar-refractivity contribution in [2.24, 2.45) is 0 Å². The van der Waals surface area contributed by atoms with Gasteiger partial charge in [-0.25, -0.2) is 0 Å². The molecule has 6 nitrogen and oxygen atoms in total. The SMILES string of the molecule is Cc1ccc(-c2cc(NC(=O)CC(=O)Nc3c(C)cc(C)cc3C)on2)cc1. The molecule has 0 bridgehead atoms. The van der Waals surface area contributed by atoms with E-state index < -0.39 is 5.91 Å². The van der Waals surface area contributed by atoms with E-state index in [0.29, 0.717) is 5.69 Å². The fourth-order valence-corrected chi connectivity index (χ4v) is 3.08. The smallest absolute Gasteiger partial charge is 0.236 e. The number of carbonyl (C=O) groups excluding carboxylic acids is 2. The topological polar surface area (TPSA) is 84.2 Å². The Morgan fingerprint density at radius 2 is 1.46 bits per heavy atom. The van der Waals surface area contributed by atoms with Crippen molar-refractivity contribution in [3.63, 3.8) is 0 Å². The molecule has 0 radical (unpaired) electrons. The maximum Gasteiger partial charge on any atom is 0.236 e. The van der Waals surface area contributed by atoms with Gasteiger partial charge in [-0.3, -0.25) is 14.9 Å². The lowest BCUT2D eigenvalue weighted by Gasteiger charge is -2.12. The number of carbonyl (C=O) groups is 2. The summed E-state index contributed by atoms with van der Waals surface area (Å²) in [7, 11) is 0. The first-order valence-electron chi connectivity index (χ1n) is 9.03. The van der Waals surface area contributed by atoms with Crippen molar-refractivity contribution in [2.45, 2.75) is 34.1 Å². The Hall–Kier alpha value is -3.41. The predicted molar refractivity (Wildman–Crippen MR) is 109 cm³/mol. The summed E-state index contributed by atoms with van der Waals surface area (Å²) in [5.41, 5.74) is 6.44. The first-order valence-corrected chi connectivity index (χ1v) is 9.03. The van der Waals surface area contributed by atoms with E-state index in [1.807, 2.05) is 64.1 Å². The van der Waals surface area contributed by atoms with E-state index in [-0.39, 0.29) is 18.2 Å². The summed E-state index contributed by atoms with van der Waals surface area (Å²) in [5.74, 6) is -0.645. The van der Waals surface area contributed by atoms with Crippen LogP contribution in [-0.4, -0.2) is 17.0 Å². The number of aromatic nitrogens is 1. The van der Waals surface area contributed by atoms with Gasteiger partial charge in [-0.2, -0.15) is 0 Å². The van der Waals surface area contributed by atoms with Gasteiger partial charge in [0, 0.05) is 17.3 Å². The molecule has 0 aliphatic rings. The zero-order valence-electron chi connectivity index (χ0n) is 16.4. The molecule has 3 rings (SSSR count). The minimum absolute atomic E-state index is 0.205. The molecule has 3 aromatic rings. The van der Waals surface area contributed by atoms with Crippen molar-refractivity contribution in [2.75, 3.05) is 10.6 Å². The molecule has 2 aromatic carbocycles. The molecule has 0 spiro atoms. The minimum Gasteiger partial charge on any atom is -0.338 e. The van der Waals surface area contributed by atoms with Crippen LogP contribution in [0, 0.1) is 27.7 Å². The number of nitrogens with zero attached hydrogens (tertiary/aromatic N) is 1. The lowest BCUT2D eigenvalue weighted by Crippen LogP contribution is -2.22. The molecule has 0 aliphatic carbocycles. The zero-order chi connectivity index (χ0) is 20.3. The predicted octanol–water partition coefficient (Wildman–Crippen LogP) is 4.54. The molecule has 0 saturated heterocycles. The van der Waals surface area contributed by atoms with Crippen LogP contribution in [-0.2, 0) is 9.59 Å². The highest BCUT2D eigenvalue weighted by molar-refractivity contribution is 6.08. The molecule has 6 heteroatoms. The van der Waals surface area contributed by atoms with Crippen LogP contribution >= 0.6 is 0 Å². The van der Waals surface area contributed by atoms with Crippen LogP contribution in [0.3, 0.4) is 0 Å². The van der Waals surface area contributed by atoms with Gasteiger partial charge >= 0.3 is 0 Å². The molecule has 0 fully saturated rings. The molecule has 2 amide bonds. The van der Waals surface area contributed by atoms with Crippen molar-refractivity contribution in [1.82, 2.24) is 5.16 Å². The van der Waals surface area contributed by atoms with Crippen LogP contribution in [0.5, 0.6) is 0 Å². The van der Waals surface area contributed by atoms with E-state index in [2.05, 4.69) is 15.8 Å². The van der Waals surface area contributed by atoms with Crippen LogP contribution < -0.4 is 10.6 Å². The van der Waals surface area contributed by atoms with E-state index in [1.165, 1.54) is 0 Å². The average molecular weight is 377 g/mol. The zero-order valence-corrected chi connectivity index (χ0v) is 16.4. The van der Waals surface area contributed by atoms with Crippen molar-refractivity contribution < 1.29 is 14.1 Å². The third kappa shape index (κ3) is 4.65. The fourth-order valence-electron chi connectivity index (χ4n) is 3.08. The Morgan fingerprint density at radius 3 is 2.11 bits per heavy atom. The maximum absolute atomic E-state index is 12.2. The molecule has 0 aliphatic heterocycles. The van der Waals surface area contributed by atoms with Gasteiger partial charge < -0.3 is 9.84 Å². The summed E-state index contributed by atoms with van der Waals surface area (Å²) >= 11 is 0. The van der Waals surface area contributed by atoms with Gasteiger partial charge in [-0.15, -0.1) is 0 Å². The highest BCUT2D eigenvalue weighted by Crippen LogP contribution is 2.23. The summed E-state index contributed by atoms with van der Waals surface area (Å²) in [4.78, 5) is 24.4. The monoisotopic (exact) mass is 377 g/mol. The number of hydrogen-bond donors (Lipinski definition) is 2. The van der Waals surface area contributed by atoms with Crippen molar-refractivity contribution in [3.05, 3.63) is 64.7 Å². The summed E-state index contributed by atoms with van der Waals surface area (Å²) in [6.45, 7) is 7.86. The molecule has 28 heavy (non-hydrogen) atoms. The molecule has 0 unspecified atom stereocenters. The Labute approximate surface area is 163 Å². The molecule has 1 heterocycles. The second kappa shape index (κ2) is 8.08. The van der Waals surface area contributed by atoms with Gasteiger partial charge in [0.15, 0.2) is 0 Å². The summed E-state index contributed by atoms with van der Waals surface area (Å²) < 4.78 is 5.16. The Bertz CT molecular complexity index is 997. The van der Waals surface area contributed by atoms with Gasteiger partial charge in [0.05, 0.1) is 0 Å². The molecular weight excluding hydrogens is 354 g/mol. The van der Waals surface area contributed by atoms with Crippen molar-refractivity contribution in [3.8, 4) is 11.3 Å². The van der Waals surface area contributed by atoms with E-state index in [1.54, 1.807) is 6.07 Å². The van der Waals surface area contributed by atoms with Crippen molar-refractivity contribution >= 4 is 23.4 Å². The third-order valence-electron chi connectivity index (χ3n) is 4.38. The van der Waals surface area contributed by atoms with Crippen LogP contribution in [0.4, 0.5) is 11.6 Å². The molecule has 0 atom stereocenters. The van der Waals surface area contributed by atoms with Crippen LogP contribution in [0.2, 0.25) is 0 Å². The van der Waals surface area contributed by atoms with E-state index in [0.717, 1.165) is 33.5 Å². The summed E-state index contributed by atoms with van der Waals surface area (Å²) in [6, 6.07) is 13.4. The summed E-state index contributed by atoms with van der Waals surface area (Å²) in [5, 5.41) is 9.34. The maximum atomic E-state index is 12.2. The van der Waals surface area contributed by atoms with Crippen LogP contribution in [0.25, 0.3) is 11.3 Å². The van der Waals surface area contributed by atoms with E-state index in [9.17, 15) is 9.59 Å². The standard InChI is InChI=1S/C22H23N3O3/c1-13-5-7-17(8-6-13)18-11-21(28-25-18)23-19(26)12-20(27)24-22-15(3)9-14(2)10-16(22)4/h5-11H,12H2,1-4H3,(H,23,26)(H,24,27). The second-order valence-electron chi connectivity index (χ2n) is 6.99. The quantitative estimate of drug-likeness (QED) is 0.639. The first-order chi connectivity index (χ1) is 13.3. The number of aryl methyl sites for hydroxylation is 4. The molecule has 1 aromatic heterocycles. The van der Waals surface area contributed by atoms with Crippen molar-refractivity contribution in [1.29, 1.82) is 0 Å². The number of hydrogen-bond acceptors (Lipinski definition) is 4. The number of amides is 2. The Kier molecular flexibility index (Phi) is 5.59. The second-order valence-corrected chi connectivity index (χ2v) is 6.99. The largest absolute Gasteiger partial charge is 0.338 e. The van der Waals surface area contributed by atoms with Gasteiger partial charge in [0.2, 0.25) is 17.7 Å². The highest BCUT2D eigenvalue weighted by Gasteiger charge is 2.15. The summed E-state index contributed by atoms with van der Waals surface area (Å²) in [6.07, 6.45) is -0.312. The van der Waals surface area contributed by atoms with E-state index in [4.69, 9.17) is 4.52 Å². The number of benzene rings is 2. The molecule has 0 saturated carbocycles. The Morgan fingerprint density at radius 1 is 0.857 bits per heavy atom. The third-order valence-corrected chi connectivity index (χ3v) is 4.38. The van der Waals surface area contributed by atoms with Gasteiger partial charge in [0.1, 0.15) is 12.1 Å². The normalized spacial score (nSPS) is 10.6. The minimum atomic E-state index is -0.466. The molecule has 2 N–H and O–H groups in total. The number of anilines is 2. The lowest BCUT2D eigenvalue weighted by molar-refractivity contribution is -0.123. The van der Waals surface area contributed by atoms with E-state index >= 15 is 0 Å². The van der Waals surface area contributed by atoms with Gasteiger partial charge in [-0.05, 0) is 38.8 Å². The highest BCUT2D eigenvalue weighted by atomic mass is 16.5. The van der Waals surface area contributed by atoms with Crippen LogP contribution in [0.1, 0.15) is 28.7 Å². The fraction of sp³-hybridized carbons (Fsp3) is 0.227.